The van der Waals surface area contributed by atoms with Crippen LogP contribution >= 0.6 is 0 Å². The third-order valence-corrected chi connectivity index (χ3v) is 10.8. The molecule has 7 atom stereocenters. The summed E-state index contributed by atoms with van der Waals surface area (Å²) < 4.78 is 11.2. The van der Waals surface area contributed by atoms with Crippen molar-refractivity contribution in [1.29, 1.82) is 0 Å². The third-order valence-electron chi connectivity index (χ3n) is 10.8. The largest absolute Gasteiger partial charge is 0.394 e. The summed E-state index contributed by atoms with van der Waals surface area (Å²) in [5.41, 5.74) is 0. The molecule has 318 valence electrons. The minimum Gasteiger partial charge on any atom is -0.394 e. The van der Waals surface area contributed by atoms with Crippen molar-refractivity contribution in [3.63, 3.8) is 0 Å². The van der Waals surface area contributed by atoms with E-state index in [-0.39, 0.29) is 12.5 Å². The fraction of sp³-hybridized carbons (Fsp3) is 0.889. The number of carbonyl (C=O) groups is 1. The zero-order valence-electron chi connectivity index (χ0n) is 34.7. The molecule has 1 aliphatic heterocycles. The molecular formula is C45H85NO8. The molecule has 0 spiro atoms. The van der Waals surface area contributed by atoms with E-state index in [1.165, 1.54) is 141 Å². The molecule has 7 unspecified atom stereocenters. The number of aliphatic hydroxyl groups is 5. The molecule has 1 saturated heterocycles. The monoisotopic (exact) mass is 768 g/mol. The van der Waals surface area contributed by atoms with Crippen LogP contribution in [0.25, 0.3) is 0 Å². The fourth-order valence-corrected chi connectivity index (χ4v) is 7.09. The molecule has 1 amide bonds. The van der Waals surface area contributed by atoms with Crippen LogP contribution in [0.3, 0.4) is 0 Å². The van der Waals surface area contributed by atoms with Crippen LogP contribution < -0.4 is 5.32 Å². The van der Waals surface area contributed by atoms with Crippen molar-refractivity contribution in [3.05, 3.63) is 24.3 Å². The van der Waals surface area contributed by atoms with Crippen LogP contribution in [0.4, 0.5) is 0 Å². The van der Waals surface area contributed by atoms with Crippen LogP contribution in [-0.4, -0.2) is 87.5 Å². The summed E-state index contributed by atoms with van der Waals surface area (Å²) in [7, 11) is 0. The molecule has 0 aromatic rings. The second-order valence-electron chi connectivity index (χ2n) is 15.8. The molecule has 0 aromatic carbocycles. The fourth-order valence-electron chi connectivity index (χ4n) is 7.09. The van der Waals surface area contributed by atoms with Crippen molar-refractivity contribution >= 4 is 5.91 Å². The van der Waals surface area contributed by atoms with Crippen LogP contribution in [0.15, 0.2) is 24.3 Å². The number of hydrogen-bond donors (Lipinski definition) is 6. The maximum Gasteiger partial charge on any atom is 0.220 e. The first-order chi connectivity index (χ1) is 26.3. The van der Waals surface area contributed by atoms with Crippen LogP contribution in [0.5, 0.6) is 0 Å². The molecule has 0 saturated carbocycles. The van der Waals surface area contributed by atoms with Gasteiger partial charge >= 0.3 is 0 Å². The second-order valence-corrected chi connectivity index (χ2v) is 15.8. The van der Waals surface area contributed by atoms with Gasteiger partial charge in [-0.25, -0.2) is 0 Å². The summed E-state index contributed by atoms with van der Waals surface area (Å²) >= 11 is 0. The lowest BCUT2D eigenvalue weighted by Crippen LogP contribution is -2.60. The minimum atomic E-state index is -1.56. The van der Waals surface area contributed by atoms with Crippen molar-refractivity contribution in [2.45, 2.75) is 243 Å². The van der Waals surface area contributed by atoms with E-state index in [0.717, 1.165) is 38.5 Å². The van der Waals surface area contributed by atoms with Gasteiger partial charge in [-0.15, -0.1) is 0 Å². The smallest absolute Gasteiger partial charge is 0.220 e. The summed E-state index contributed by atoms with van der Waals surface area (Å²) in [4.78, 5) is 12.9. The first-order valence-electron chi connectivity index (χ1n) is 22.6. The average Bonchev–Trinajstić information content (AvgIpc) is 3.17. The molecule has 9 heteroatoms. The number of nitrogens with one attached hydrogen (secondary N) is 1. The van der Waals surface area contributed by atoms with Crippen molar-refractivity contribution in [1.82, 2.24) is 5.32 Å². The average molecular weight is 768 g/mol. The molecule has 54 heavy (non-hydrogen) atoms. The Morgan fingerprint density at radius 1 is 0.611 bits per heavy atom. The van der Waals surface area contributed by atoms with Gasteiger partial charge in [0.1, 0.15) is 24.4 Å². The minimum absolute atomic E-state index is 0.183. The summed E-state index contributed by atoms with van der Waals surface area (Å²) in [6, 6.07) is -0.802. The van der Waals surface area contributed by atoms with E-state index in [0.29, 0.717) is 6.42 Å². The molecule has 1 heterocycles. The van der Waals surface area contributed by atoms with Gasteiger partial charge in [0, 0.05) is 6.42 Å². The first kappa shape index (κ1) is 50.7. The van der Waals surface area contributed by atoms with Crippen molar-refractivity contribution in [2.75, 3.05) is 13.2 Å². The molecular weight excluding hydrogens is 682 g/mol. The number of hydrogen-bond acceptors (Lipinski definition) is 8. The molecule has 0 aliphatic carbocycles. The second kappa shape index (κ2) is 36.0. The molecule has 0 aromatic heterocycles. The van der Waals surface area contributed by atoms with Gasteiger partial charge in [-0.05, 0) is 44.9 Å². The molecule has 0 radical (unpaired) electrons. The molecule has 1 fully saturated rings. The molecule has 1 aliphatic rings. The predicted molar refractivity (Wildman–Crippen MR) is 221 cm³/mol. The standard InChI is InChI=1S/C45H85NO8/c1-3-5-7-9-11-13-14-15-16-17-18-19-20-21-22-23-24-25-27-29-31-33-35-41(49)46-38(39(48)34-32-30-28-26-12-10-8-6-4-2)37-53-45-44(52)43(51)42(50)40(36-47)54-45/h20-21,32,34,38-40,42-45,47-48,50-52H,3-19,22-31,33,35-37H2,1-2H3,(H,46,49)/b21-20-,34-32+. The lowest BCUT2D eigenvalue weighted by molar-refractivity contribution is -0.302. The Kier molecular flexibility index (Phi) is 33.8. The lowest BCUT2D eigenvalue weighted by atomic mass is 9.99. The highest BCUT2D eigenvalue weighted by molar-refractivity contribution is 5.76. The number of unbranched alkanes of at least 4 members (excludes halogenated alkanes) is 25. The van der Waals surface area contributed by atoms with E-state index in [2.05, 4.69) is 31.3 Å². The summed E-state index contributed by atoms with van der Waals surface area (Å²) in [5, 5.41) is 54.0. The molecule has 9 nitrogen and oxygen atoms in total. The van der Waals surface area contributed by atoms with Gasteiger partial charge in [-0.3, -0.25) is 4.79 Å². The Morgan fingerprint density at radius 2 is 1.04 bits per heavy atom. The highest BCUT2D eigenvalue weighted by Gasteiger charge is 2.44. The van der Waals surface area contributed by atoms with E-state index < -0.39 is 49.5 Å². The summed E-state index contributed by atoms with van der Waals surface area (Å²) in [5.74, 6) is -0.183. The molecule has 1 rings (SSSR count). The maximum atomic E-state index is 12.9. The summed E-state index contributed by atoms with van der Waals surface area (Å²) in [6.07, 6.45) is 35.2. The Balaban J connectivity index is 2.27. The number of aliphatic hydroxyl groups excluding tert-OH is 5. The Labute approximate surface area is 330 Å². The van der Waals surface area contributed by atoms with Gasteiger partial charge in [-0.1, -0.05) is 173 Å². The van der Waals surface area contributed by atoms with E-state index in [1.807, 2.05) is 6.08 Å². The Bertz CT molecular complexity index is 899. The van der Waals surface area contributed by atoms with E-state index in [1.54, 1.807) is 6.08 Å². The zero-order chi connectivity index (χ0) is 39.5. The highest BCUT2D eigenvalue weighted by atomic mass is 16.7. The van der Waals surface area contributed by atoms with Crippen LogP contribution in [0.2, 0.25) is 0 Å². The Hall–Kier alpha value is -1.33. The zero-order valence-corrected chi connectivity index (χ0v) is 34.7. The quantitative estimate of drug-likeness (QED) is 0.0271. The van der Waals surface area contributed by atoms with Gasteiger partial charge in [0.15, 0.2) is 6.29 Å². The number of rotatable bonds is 37. The van der Waals surface area contributed by atoms with Crippen molar-refractivity contribution in [2.24, 2.45) is 0 Å². The van der Waals surface area contributed by atoms with Gasteiger partial charge in [0.05, 0.1) is 25.4 Å². The highest BCUT2D eigenvalue weighted by Crippen LogP contribution is 2.22. The van der Waals surface area contributed by atoms with E-state index in [9.17, 15) is 30.3 Å². The normalized spacial score (nSPS) is 21.6. The number of ether oxygens (including phenoxy) is 2. The first-order valence-corrected chi connectivity index (χ1v) is 22.6. The van der Waals surface area contributed by atoms with Gasteiger partial charge in [-0.2, -0.15) is 0 Å². The van der Waals surface area contributed by atoms with Gasteiger partial charge in [0.2, 0.25) is 5.91 Å². The summed E-state index contributed by atoms with van der Waals surface area (Å²) in [6.45, 7) is 3.74. The maximum absolute atomic E-state index is 12.9. The Morgan fingerprint density at radius 3 is 1.50 bits per heavy atom. The van der Waals surface area contributed by atoms with Crippen LogP contribution in [0, 0.1) is 0 Å². The van der Waals surface area contributed by atoms with Crippen LogP contribution in [0.1, 0.15) is 200 Å². The van der Waals surface area contributed by atoms with Crippen molar-refractivity contribution < 1.29 is 39.8 Å². The van der Waals surface area contributed by atoms with E-state index in [4.69, 9.17) is 9.47 Å². The number of allylic oxidation sites excluding steroid dienone is 3. The third kappa shape index (κ3) is 26.5. The van der Waals surface area contributed by atoms with Crippen LogP contribution in [-0.2, 0) is 14.3 Å². The number of amides is 1. The van der Waals surface area contributed by atoms with E-state index >= 15 is 0 Å². The van der Waals surface area contributed by atoms with Gasteiger partial charge in [0.25, 0.3) is 0 Å². The van der Waals surface area contributed by atoms with Gasteiger partial charge < -0.3 is 40.3 Å². The van der Waals surface area contributed by atoms with Crippen molar-refractivity contribution in [3.8, 4) is 0 Å². The SMILES string of the molecule is CCCCCCCCC/C=C/C(O)C(COC1OC(CO)C(O)C(O)C1O)NC(=O)CCCCCCCCC/C=C\CCCCCCCCCCCCC. The predicted octanol–water partition coefficient (Wildman–Crippen LogP) is 9.11. The molecule has 0 bridgehead atoms. The lowest BCUT2D eigenvalue weighted by Gasteiger charge is -2.40. The topological polar surface area (TPSA) is 149 Å². The number of carbonyl (C=O) groups excluding carboxylic acids is 1. The molecule has 6 N–H and O–H groups in total.